The second-order valence-corrected chi connectivity index (χ2v) is 4.90. The van der Waals surface area contributed by atoms with Crippen LogP contribution < -0.4 is 0 Å². The van der Waals surface area contributed by atoms with Crippen molar-refractivity contribution < 1.29 is 0 Å². The third-order valence-electron chi connectivity index (χ3n) is 3.40. The standard InChI is InChI=1S/C17H24/c1-5-9-14(3)13-16-12-8-7-11-15(4)17(16)10-6-2/h5-10,15-16H,1-2,11-13H2,3-4H3/b14-9+,17-10-. The molecule has 0 aromatic rings. The van der Waals surface area contributed by atoms with Crippen molar-refractivity contribution in [2.75, 3.05) is 0 Å². The lowest BCUT2D eigenvalue weighted by Gasteiger charge is -2.22. The lowest BCUT2D eigenvalue weighted by Crippen LogP contribution is -2.09. The summed E-state index contributed by atoms with van der Waals surface area (Å²) in [5.41, 5.74) is 2.95. The van der Waals surface area contributed by atoms with Gasteiger partial charge in [-0.1, -0.05) is 67.7 Å². The Morgan fingerprint density at radius 2 is 2.00 bits per heavy atom. The monoisotopic (exact) mass is 228 g/mol. The lowest BCUT2D eigenvalue weighted by atomic mass is 9.83. The van der Waals surface area contributed by atoms with Crippen molar-refractivity contribution in [1.82, 2.24) is 0 Å². The maximum atomic E-state index is 3.84. The number of allylic oxidation sites excluding steroid dienone is 8. The second kappa shape index (κ2) is 7.11. The van der Waals surface area contributed by atoms with Crippen molar-refractivity contribution in [3.8, 4) is 0 Å². The van der Waals surface area contributed by atoms with Gasteiger partial charge in [0.1, 0.15) is 0 Å². The lowest BCUT2D eigenvalue weighted by molar-refractivity contribution is 0.537. The van der Waals surface area contributed by atoms with Gasteiger partial charge in [0.2, 0.25) is 0 Å². The van der Waals surface area contributed by atoms with Gasteiger partial charge in [-0.15, -0.1) is 0 Å². The normalized spacial score (nSPS) is 27.9. The minimum absolute atomic E-state index is 0.623. The highest BCUT2D eigenvalue weighted by molar-refractivity contribution is 5.23. The molecule has 2 atom stereocenters. The second-order valence-electron chi connectivity index (χ2n) is 4.90. The van der Waals surface area contributed by atoms with Gasteiger partial charge in [0.15, 0.2) is 0 Å². The Bertz CT molecular complexity index is 352. The molecule has 0 amide bonds. The van der Waals surface area contributed by atoms with Crippen molar-refractivity contribution >= 4 is 0 Å². The number of rotatable bonds is 4. The highest BCUT2D eigenvalue weighted by Crippen LogP contribution is 2.33. The highest BCUT2D eigenvalue weighted by atomic mass is 14.2. The first kappa shape index (κ1) is 13.8. The van der Waals surface area contributed by atoms with Gasteiger partial charge in [-0.05, 0) is 38.0 Å². The van der Waals surface area contributed by atoms with E-state index in [1.807, 2.05) is 12.2 Å². The largest absolute Gasteiger partial charge is 0.0991 e. The minimum Gasteiger partial charge on any atom is -0.0991 e. The van der Waals surface area contributed by atoms with E-state index in [0.717, 1.165) is 19.3 Å². The first-order valence-electron chi connectivity index (χ1n) is 6.44. The van der Waals surface area contributed by atoms with Crippen LogP contribution in [0.5, 0.6) is 0 Å². The van der Waals surface area contributed by atoms with Crippen molar-refractivity contribution in [3.05, 3.63) is 60.8 Å². The molecule has 0 nitrogen and oxygen atoms in total. The van der Waals surface area contributed by atoms with E-state index in [4.69, 9.17) is 0 Å². The Labute approximate surface area is 106 Å². The van der Waals surface area contributed by atoms with Crippen LogP contribution in [0.15, 0.2) is 60.8 Å². The molecule has 1 aliphatic carbocycles. The fraction of sp³-hybridized carbons (Fsp3) is 0.412. The fourth-order valence-corrected chi connectivity index (χ4v) is 2.53. The van der Waals surface area contributed by atoms with Crippen molar-refractivity contribution in [3.63, 3.8) is 0 Å². The molecular weight excluding hydrogens is 204 g/mol. The summed E-state index contributed by atoms with van der Waals surface area (Å²) in [6.45, 7) is 12.1. The molecule has 2 unspecified atom stereocenters. The molecule has 0 saturated carbocycles. The predicted octanol–water partition coefficient (Wildman–Crippen LogP) is 5.22. The predicted molar refractivity (Wildman–Crippen MR) is 77.9 cm³/mol. The minimum atomic E-state index is 0.623. The van der Waals surface area contributed by atoms with Crippen LogP contribution in [0.4, 0.5) is 0 Å². The van der Waals surface area contributed by atoms with Crippen LogP contribution in [0.25, 0.3) is 0 Å². The van der Waals surface area contributed by atoms with Crippen LogP contribution in [0, 0.1) is 11.8 Å². The van der Waals surface area contributed by atoms with Gasteiger partial charge in [0.05, 0.1) is 0 Å². The Morgan fingerprint density at radius 1 is 1.29 bits per heavy atom. The molecule has 0 radical (unpaired) electrons. The molecule has 1 rings (SSSR count). The van der Waals surface area contributed by atoms with E-state index in [1.165, 1.54) is 5.57 Å². The van der Waals surface area contributed by atoms with E-state index >= 15 is 0 Å². The smallest absolute Gasteiger partial charge is 0.0126 e. The van der Waals surface area contributed by atoms with Crippen LogP contribution in [0.2, 0.25) is 0 Å². The number of hydrogen-bond acceptors (Lipinski definition) is 0. The molecule has 92 valence electrons. The molecule has 0 heteroatoms. The summed E-state index contributed by atoms with van der Waals surface area (Å²) in [7, 11) is 0. The average Bonchev–Trinajstić information content (AvgIpc) is 2.45. The zero-order chi connectivity index (χ0) is 12.7. The average molecular weight is 228 g/mol. The molecule has 0 bridgehead atoms. The molecule has 0 spiro atoms. The highest BCUT2D eigenvalue weighted by Gasteiger charge is 2.20. The van der Waals surface area contributed by atoms with Crippen LogP contribution in [-0.4, -0.2) is 0 Å². The summed E-state index contributed by atoms with van der Waals surface area (Å²) in [5, 5.41) is 0. The van der Waals surface area contributed by atoms with Crippen molar-refractivity contribution in [2.45, 2.75) is 33.1 Å². The van der Waals surface area contributed by atoms with Crippen molar-refractivity contribution in [1.29, 1.82) is 0 Å². The van der Waals surface area contributed by atoms with E-state index in [9.17, 15) is 0 Å². The molecule has 0 heterocycles. The molecule has 17 heavy (non-hydrogen) atoms. The third kappa shape index (κ3) is 4.22. The summed E-state index contributed by atoms with van der Waals surface area (Å²) in [5.74, 6) is 1.26. The molecule has 0 saturated heterocycles. The maximum absolute atomic E-state index is 3.84. The zero-order valence-electron chi connectivity index (χ0n) is 11.2. The summed E-state index contributed by atoms with van der Waals surface area (Å²) in [6.07, 6.45) is 16.2. The van der Waals surface area contributed by atoms with Crippen LogP contribution in [0.3, 0.4) is 0 Å². The van der Waals surface area contributed by atoms with Gasteiger partial charge in [-0.2, -0.15) is 0 Å². The first-order chi connectivity index (χ1) is 8.19. The summed E-state index contributed by atoms with van der Waals surface area (Å²) in [4.78, 5) is 0. The zero-order valence-corrected chi connectivity index (χ0v) is 11.2. The molecule has 0 N–H and O–H groups in total. The summed E-state index contributed by atoms with van der Waals surface area (Å²) >= 11 is 0. The third-order valence-corrected chi connectivity index (χ3v) is 3.40. The SMILES string of the molecule is C=C/C=C1/C(C)CC=CCC1C/C(C)=C/C=C. The molecule has 0 aromatic heterocycles. The topological polar surface area (TPSA) is 0 Å². The Morgan fingerprint density at radius 3 is 2.65 bits per heavy atom. The van der Waals surface area contributed by atoms with Crippen LogP contribution in [-0.2, 0) is 0 Å². The van der Waals surface area contributed by atoms with E-state index in [0.29, 0.717) is 11.8 Å². The molecule has 0 fully saturated rings. The van der Waals surface area contributed by atoms with Crippen LogP contribution >= 0.6 is 0 Å². The molecule has 1 aliphatic rings. The Kier molecular flexibility index (Phi) is 5.76. The van der Waals surface area contributed by atoms with Gasteiger partial charge in [-0.25, -0.2) is 0 Å². The molecule has 0 aliphatic heterocycles. The van der Waals surface area contributed by atoms with Gasteiger partial charge >= 0.3 is 0 Å². The molecule has 0 aromatic carbocycles. The maximum Gasteiger partial charge on any atom is -0.0126 e. The van der Waals surface area contributed by atoms with Crippen LogP contribution in [0.1, 0.15) is 33.1 Å². The van der Waals surface area contributed by atoms with E-state index in [2.05, 4.69) is 51.3 Å². The van der Waals surface area contributed by atoms with Crippen molar-refractivity contribution in [2.24, 2.45) is 11.8 Å². The number of hydrogen-bond donors (Lipinski definition) is 0. The van der Waals surface area contributed by atoms with Gasteiger partial charge < -0.3 is 0 Å². The van der Waals surface area contributed by atoms with E-state index < -0.39 is 0 Å². The van der Waals surface area contributed by atoms with E-state index in [-0.39, 0.29) is 0 Å². The van der Waals surface area contributed by atoms with Gasteiger partial charge in [0, 0.05) is 0 Å². The van der Waals surface area contributed by atoms with Gasteiger partial charge in [-0.3, -0.25) is 0 Å². The first-order valence-corrected chi connectivity index (χ1v) is 6.44. The Balaban J connectivity index is 2.87. The quantitative estimate of drug-likeness (QED) is 0.457. The summed E-state index contributed by atoms with van der Waals surface area (Å²) in [6, 6.07) is 0. The fourth-order valence-electron chi connectivity index (χ4n) is 2.53. The van der Waals surface area contributed by atoms with Gasteiger partial charge in [0.25, 0.3) is 0 Å². The Hall–Kier alpha value is -1.30. The molecular formula is C17H24. The summed E-state index contributed by atoms with van der Waals surface area (Å²) < 4.78 is 0. The van der Waals surface area contributed by atoms with E-state index in [1.54, 1.807) is 5.57 Å².